The van der Waals surface area contributed by atoms with Crippen LogP contribution in [0.1, 0.15) is 32.6 Å². The van der Waals surface area contributed by atoms with Crippen LogP contribution in [0.2, 0.25) is 0 Å². The van der Waals surface area contributed by atoms with Crippen LogP contribution in [-0.2, 0) is 6.42 Å². The highest BCUT2D eigenvalue weighted by atomic mass is 16.5. The number of aryl methyl sites for hydroxylation is 1. The molecule has 0 aliphatic heterocycles. The molecule has 0 spiro atoms. The summed E-state index contributed by atoms with van der Waals surface area (Å²) >= 11 is 0. The van der Waals surface area contributed by atoms with E-state index in [0.717, 1.165) is 31.4 Å². The van der Waals surface area contributed by atoms with Crippen LogP contribution in [0.25, 0.3) is 11.4 Å². The third-order valence-corrected chi connectivity index (χ3v) is 3.03. The van der Waals surface area contributed by atoms with E-state index in [2.05, 4.69) is 29.3 Å². The first-order valence-electron chi connectivity index (χ1n) is 6.91. The van der Waals surface area contributed by atoms with E-state index in [1.165, 1.54) is 0 Å². The summed E-state index contributed by atoms with van der Waals surface area (Å²) in [6.07, 6.45) is 2.98. The lowest BCUT2D eigenvalue weighted by Gasteiger charge is -2.10. The van der Waals surface area contributed by atoms with E-state index < -0.39 is 0 Å². The summed E-state index contributed by atoms with van der Waals surface area (Å²) in [5.74, 6) is 1.38. The molecule has 1 aromatic heterocycles. The molecular formula is C15H21N3O. The highest BCUT2D eigenvalue weighted by molar-refractivity contribution is 5.53. The Labute approximate surface area is 114 Å². The van der Waals surface area contributed by atoms with Crippen LogP contribution < -0.4 is 5.32 Å². The van der Waals surface area contributed by atoms with Crippen molar-refractivity contribution in [2.24, 2.45) is 0 Å². The zero-order valence-electron chi connectivity index (χ0n) is 11.6. The summed E-state index contributed by atoms with van der Waals surface area (Å²) in [5.41, 5.74) is 0.995. The molecule has 19 heavy (non-hydrogen) atoms. The summed E-state index contributed by atoms with van der Waals surface area (Å²) in [6.45, 7) is 5.41. The monoisotopic (exact) mass is 259 g/mol. The molecule has 0 aliphatic rings. The van der Waals surface area contributed by atoms with Crippen LogP contribution >= 0.6 is 0 Å². The van der Waals surface area contributed by atoms with E-state index in [0.29, 0.717) is 17.8 Å². The fraction of sp³-hybridized carbons (Fsp3) is 0.467. The predicted octanol–water partition coefficient (Wildman–Crippen LogP) is 3.06. The zero-order valence-corrected chi connectivity index (χ0v) is 11.6. The van der Waals surface area contributed by atoms with Gasteiger partial charge in [0.05, 0.1) is 0 Å². The Morgan fingerprint density at radius 1 is 1.26 bits per heavy atom. The lowest BCUT2D eigenvalue weighted by Crippen LogP contribution is -2.27. The summed E-state index contributed by atoms with van der Waals surface area (Å²) in [6, 6.07) is 10.4. The Morgan fingerprint density at radius 3 is 2.79 bits per heavy atom. The molecule has 0 aliphatic carbocycles. The number of benzene rings is 1. The molecule has 0 bridgehead atoms. The fourth-order valence-electron chi connectivity index (χ4n) is 1.89. The molecular weight excluding hydrogens is 238 g/mol. The van der Waals surface area contributed by atoms with Gasteiger partial charge < -0.3 is 9.84 Å². The van der Waals surface area contributed by atoms with Crippen molar-refractivity contribution in [3.8, 4) is 11.4 Å². The first-order chi connectivity index (χ1) is 9.29. The minimum Gasteiger partial charge on any atom is -0.339 e. The lowest BCUT2D eigenvalue weighted by molar-refractivity contribution is 0.367. The third-order valence-electron chi connectivity index (χ3n) is 3.03. The van der Waals surface area contributed by atoms with Crippen LogP contribution in [-0.4, -0.2) is 22.7 Å². The summed E-state index contributed by atoms with van der Waals surface area (Å²) < 4.78 is 5.29. The SMILES string of the molecule is CCCNC(C)CCc1nc(-c2ccccc2)no1. The first kappa shape index (κ1) is 13.7. The maximum absolute atomic E-state index is 5.29. The van der Waals surface area contributed by atoms with Gasteiger partial charge in [0, 0.05) is 18.0 Å². The van der Waals surface area contributed by atoms with Gasteiger partial charge in [-0.25, -0.2) is 0 Å². The molecule has 2 rings (SSSR count). The van der Waals surface area contributed by atoms with Gasteiger partial charge in [-0.1, -0.05) is 42.4 Å². The van der Waals surface area contributed by atoms with Gasteiger partial charge in [0.25, 0.3) is 0 Å². The molecule has 1 heterocycles. The highest BCUT2D eigenvalue weighted by Crippen LogP contribution is 2.15. The van der Waals surface area contributed by atoms with E-state index >= 15 is 0 Å². The van der Waals surface area contributed by atoms with E-state index in [1.807, 2.05) is 30.3 Å². The van der Waals surface area contributed by atoms with Gasteiger partial charge in [0.15, 0.2) is 0 Å². The van der Waals surface area contributed by atoms with Crippen LogP contribution in [0.3, 0.4) is 0 Å². The van der Waals surface area contributed by atoms with Gasteiger partial charge in [-0.2, -0.15) is 4.98 Å². The Kier molecular flexibility index (Phi) is 5.10. The van der Waals surface area contributed by atoms with E-state index in [4.69, 9.17) is 4.52 Å². The van der Waals surface area contributed by atoms with Gasteiger partial charge in [-0.05, 0) is 26.3 Å². The van der Waals surface area contributed by atoms with Crippen molar-refractivity contribution in [3.63, 3.8) is 0 Å². The van der Waals surface area contributed by atoms with Gasteiger partial charge in [-0.15, -0.1) is 0 Å². The van der Waals surface area contributed by atoms with Crippen LogP contribution in [0.4, 0.5) is 0 Å². The van der Waals surface area contributed by atoms with Crippen molar-refractivity contribution >= 4 is 0 Å². The number of hydrogen-bond acceptors (Lipinski definition) is 4. The lowest BCUT2D eigenvalue weighted by atomic mass is 10.2. The Bertz CT molecular complexity index is 481. The molecule has 4 nitrogen and oxygen atoms in total. The van der Waals surface area contributed by atoms with Crippen molar-refractivity contribution in [1.29, 1.82) is 0 Å². The first-order valence-corrected chi connectivity index (χ1v) is 6.91. The van der Waals surface area contributed by atoms with Gasteiger partial charge in [0.1, 0.15) is 0 Å². The van der Waals surface area contributed by atoms with Crippen molar-refractivity contribution in [3.05, 3.63) is 36.2 Å². The van der Waals surface area contributed by atoms with E-state index in [9.17, 15) is 0 Å². The summed E-state index contributed by atoms with van der Waals surface area (Å²) in [5, 5.41) is 7.47. The van der Waals surface area contributed by atoms with Crippen LogP contribution in [0.15, 0.2) is 34.9 Å². The van der Waals surface area contributed by atoms with Crippen molar-refractivity contribution < 1.29 is 4.52 Å². The van der Waals surface area contributed by atoms with Crippen molar-refractivity contribution in [1.82, 2.24) is 15.5 Å². The van der Waals surface area contributed by atoms with Gasteiger partial charge >= 0.3 is 0 Å². The van der Waals surface area contributed by atoms with E-state index in [-0.39, 0.29) is 0 Å². The maximum Gasteiger partial charge on any atom is 0.227 e. The summed E-state index contributed by atoms with van der Waals surface area (Å²) in [7, 11) is 0. The largest absolute Gasteiger partial charge is 0.339 e. The molecule has 4 heteroatoms. The Balaban J connectivity index is 1.88. The third kappa shape index (κ3) is 4.17. The Morgan fingerprint density at radius 2 is 2.05 bits per heavy atom. The predicted molar refractivity (Wildman–Crippen MR) is 75.8 cm³/mol. The van der Waals surface area contributed by atoms with Gasteiger partial charge in [-0.3, -0.25) is 0 Å². The molecule has 0 saturated heterocycles. The molecule has 2 aromatic rings. The Hall–Kier alpha value is -1.68. The fourth-order valence-corrected chi connectivity index (χ4v) is 1.89. The second-order valence-corrected chi connectivity index (χ2v) is 4.77. The second kappa shape index (κ2) is 7.04. The highest BCUT2D eigenvalue weighted by Gasteiger charge is 2.09. The average molecular weight is 259 g/mol. The minimum atomic E-state index is 0.479. The van der Waals surface area contributed by atoms with Crippen molar-refractivity contribution in [2.75, 3.05) is 6.54 Å². The standard InChI is InChI=1S/C15H21N3O/c1-3-11-16-12(2)9-10-14-17-15(18-19-14)13-7-5-4-6-8-13/h4-8,12,16H,3,9-11H2,1-2H3. The number of rotatable bonds is 7. The quantitative estimate of drug-likeness (QED) is 0.830. The van der Waals surface area contributed by atoms with Crippen LogP contribution in [0, 0.1) is 0 Å². The number of nitrogens with zero attached hydrogens (tertiary/aromatic N) is 2. The molecule has 1 atom stereocenters. The topological polar surface area (TPSA) is 51.0 Å². The molecule has 0 radical (unpaired) electrons. The normalized spacial score (nSPS) is 12.5. The molecule has 0 saturated carbocycles. The summed E-state index contributed by atoms with van der Waals surface area (Å²) in [4.78, 5) is 4.43. The molecule has 1 aromatic carbocycles. The number of aromatic nitrogens is 2. The van der Waals surface area contributed by atoms with Crippen LogP contribution in [0.5, 0.6) is 0 Å². The molecule has 0 amide bonds. The molecule has 1 N–H and O–H groups in total. The number of nitrogens with one attached hydrogen (secondary N) is 1. The van der Waals surface area contributed by atoms with E-state index in [1.54, 1.807) is 0 Å². The second-order valence-electron chi connectivity index (χ2n) is 4.77. The average Bonchev–Trinajstić information content (AvgIpc) is 2.93. The molecule has 1 unspecified atom stereocenters. The zero-order chi connectivity index (χ0) is 13.5. The minimum absolute atomic E-state index is 0.479. The maximum atomic E-state index is 5.29. The molecule has 0 fully saturated rings. The van der Waals surface area contributed by atoms with Crippen molar-refractivity contribution in [2.45, 2.75) is 39.2 Å². The molecule has 102 valence electrons. The van der Waals surface area contributed by atoms with Gasteiger partial charge in [0.2, 0.25) is 11.7 Å². The smallest absolute Gasteiger partial charge is 0.227 e. The number of hydrogen-bond donors (Lipinski definition) is 1.